The summed E-state index contributed by atoms with van der Waals surface area (Å²) in [6, 6.07) is 20.9. The number of fused-ring (bicyclic) bond motifs is 1. The highest BCUT2D eigenvalue weighted by molar-refractivity contribution is 9.10. The molecule has 0 radical (unpaired) electrons. The van der Waals surface area contributed by atoms with Gasteiger partial charge in [0.25, 0.3) is 5.91 Å². The van der Waals surface area contributed by atoms with Crippen molar-refractivity contribution in [1.82, 2.24) is 14.8 Å². The third-order valence-corrected chi connectivity index (χ3v) is 8.27. The van der Waals surface area contributed by atoms with Crippen LogP contribution >= 0.6 is 27.7 Å². The molecule has 0 bridgehead atoms. The van der Waals surface area contributed by atoms with Crippen molar-refractivity contribution in [3.63, 3.8) is 0 Å². The van der Waals surface area contributed by atoms with E-state index in [0.29, 0.717) is 52.8 Å². The molecule has 0 spiro atoms. The van der Waals surface area contributed by atoms with Crippen LogP contribution in [0.5, 0.6) is 11.5 Å². The monoisotopic (exact) mass is 647 g/mol. The number of ether oxygens (including phenoxy) is 2. The Hall–Kier alpha value is -3.76. The normalized spacial score (nSPS) is 14.3. The van der Waals surface area contributed by atoms with Crippen molar-refractivity contribution < 1.29 is 14.3 Å². The van der Waals surface area contributed by atoms with E-state index < -0.39 is 6.04 Å². The Balaban J connectivity index is 1.57. The first kappa shape index (κ1) is 29.7. The number of hydrogen-bond acceptors (Lipinski definition) is 7. The molecule has 5 rings (SSSR count). The van der Waals surface area contributed by atoms with Crippen LogP contribution in [0.2, 0.25) is 0 Å². The van der Waals surface area contributed by atoms with Gasteiger partial charge in [-0.15, -0.1) is 5.10 Å². The van der Waals surface area contributed by atoms with E-state index in [2.05, 4.69) is 64.7 Å². The first-order valence-corrected chi connectivity index (χ1v) is 15.7. The second-order valence-electron chi connectivity index (χ2n) is 9.92. The van der Waals surface area contributed by atoms with Crippen molar-refractivity contribution in [1.29, 1.82) is 0 Å². The Morgan fingerprint density at radius 3 is 2.60 bits per heavy atom. The molecule has 3 aromatic carbocycles. The maximum absolute atomic E-state index is 14.1. The fourth-order valence-electron chi connectivity index (χ4n) is 4.72. The number of carbonyl (C=O) groups is 1. The summed E-state index contributed by atoms with van der Waals surface area (Å²) >= 11 is 5.23. The lowest BCUT2D eigenvalue weighted by molar-refractivity contribution is -0.113. The number of nitrogens with zero attached hydrogens (tertiary/aromatic N) is 3. The molecule has 1 amide bonds. The van der Waals surface area contributed by atoms with Crippen LogP contribution in [0, 0.1) is 6.92 Å². The predicted octanol–water partition coefficient (Wildman–Crippen LogP) is 7.76. The van der Waals surface area contributed by atoms with Crippen molar-refractivity contribution in [2.75, 3.05) is 23.0 Å². The highest BCUT2D eigenvalue weighted by atomic mass is 79.9. The summed E-state index contributed by atoms with van der Waals surface area (Å²) in [6.45, 7) is 8.85. The van der Waals surface area contributed by atoms with Crippen LogP contribution in [-0.4, -0.2) is 33.0 Å². The van der Waals surface area contributed by atoms with E-state index in [0.717, 1.165) is 27.8 Å². The van der Waals surface area contributed by atoms with E-state index in [1.165, 1.54) is 5.56 Å². The van der Waals surface area contributed by atoms with Gasteiger partial charge in [-0.25, -0.2) is 4.68 Å². The number of halogens is 1. The largest absolute Gasteiger partial charge is 0.492 e. The maximum Gasteiger partial charge on any atom is 0.255 e. The summed E-state index contributed by atoms with van der Waals surface area (Å²) in [5.74, 6) is 2.46. The van der Waals surface area contributed by atoms with Gasteiger partial charge in [0.2, 0.25) is 11.1 Å². The summed E-state index contributed by atoms with van der Waals surface area (Å²) in [5.41, 5.74) is 4.81. The van der Waals surface area contributed by atoms with Gasteiger partial charge in [-0.3, -0.25) is 4.79 Å². The fraction of sp³-hybridized carbons (Fsp3) is 0.281. The van der Waals surface area contributed by atoms with Crippen molar-refractivity contribution in [2.45, 2.75) is 51.9 Å². The molecule has 2 N–H and O–H groups in total. The zero-order chi connectivity index (χ0) is 29.6. The zero-order valence-corrected chi connectivity index (χ0v) is 26.5. The van der Waals surface area contributed by atoms with E-state index in [1.807, 2.05) is 56.3 Å². The van der Waals surface area contributed by atoms with Gasteiger partial charge in [0.1, 0.15) is 24.1 Å². The smallest absolute Gasteiger partial charge is 0.255 e. The fourth-order valence-corrected chi connectivity index (χ4v) is 5.78. The van der Waals surface area contributed by atoms with Crippen LogP contribution < -0.4 is 20.1 Å². The number of aryl methyl sites for hydroxylation is 1. The van der Waals surface area contributed by atoms with Gasteiger partial charge in [-0.05, 0) is 63.1 Å². The first-order valence-electron chi connectivity index (χ1n) is 14.0. The van der Waals surface area contributed by atoms with E-state index in [4.69, 9.17) is 19.6 Å². The quantitative estimate of drug-likeness (QED) is 0.161. The number of amides is 1. The summed E-state index contributed by atoms with van der Waals surface area (Å²) < 4.78 is 14.8. The molecule has 0 saturated heterocycles. The second-order valence-corrected chi connectivity index (χ2v) is 11.9. The molecule has 0 aliphatic carbocycles. The molecular weight excluding hydrogens is 614 g/mol. The number of allylic oxidation sites excluding steroid dienone is 1. The lowest BCUT2D eigenvalue weighted by Gasteiger charge is -2.30. The molecule has 0 saturated carbocycles. The van der Waals surface area contributed by atoms with Gasteiger partial charge in [0.15, 0.2) is 0 Å². The lowest BCUT2D eigenvalue weighted by Crippen LogP contribution is -2.32. The summed E-state index contributed by atoms with van der Waals surface area (Å²) in [4.78, 5) is 18.9. The summed E-state index contributed by atoms with van der Waals surface area (Å²) in [7, 11) is 0. The first-order chi connectivity index (χ1) is 20.4. The van der Waals surface area contributed by atoms with Crippen molar-refractivity contribution >= 4 is 45.2 Å². The standard InChI is InChI=1S/C32H34BrN5O3S/c1-5-17-42-32-36-31-34-21(4)28(30(39)35-25-9-7-8-10-27(25)40-6-2)29(38(31)37-32)24-18-23(33)15-16-26(24)41-19-22-13-11-20(3)12-14-22/h7-16,18,29H,5-6,17,19H2,1-4H3,(H,35,39)(H,34,36,37). The number of anilines is 2. The molecular formula is C32H34BrN5O3S. The third-order valence-electron chi connectivity index (χ3n) is 6.73. The SMILES string of the molecule is CCCSc1nc2n(n1)C(c1cc(Br)ccc1OCc1ccc(C)cc1)C(C(=O)Nc1ccccc1OCC)=C(C)N2. The summed E-state index contributed by atoms with van der Waals surface area (Å²) in [5, 5.41) is 11.9. The molecule has 8 nitrogen and oxygen atoms in total. The molecule has 1 aromatic heterocycles. The minimum Gasteiger partial charge on any atom is -0.492 e. The molecule has 2 heterocycles. The van der Waals surface area contributed by atoms with Gasteiger partial charge in [0.05, 0.1) is 17.9 Å². The number of thioether (sulfide) groups is 1. The Bertz CT molecular complexity index is 1600. The van der Waals surface area contributed by atoms with Gasteiger partial charge in [-0.2, -0.15) is 4.98 Å². The van der Waals surface area contributed by atoms with Gasteiger partial charge in [-0.1, -0.05) is 76.6 Å². The number of aromatic nitrogens is 3. The van der Waals surface area contributed by atoms with Crippen LogP contribution in [0.1, 0.15) is 49.9 Å². The minimum atomic E-state index is -0.602. The average Bonchev–Trinajstić information content (AvgIpc) is 3.39. The summed E-state index contributed by atoms with van der Waals surface area (Å²) in [6.07, 6.45) is 0.998. The highest BCUT2D eigenvalue weighted by Gasteiger charge is 2.36. The molecule has 218 valence electrons. The van der Waals surface area contributed by atoms with Crippen LogP contribution in [0.4, 0.5) is 11.6 Å². The van der Waals surface area contributed by atoms with Crippen LogP contribution in [0.25, 0.3) is 0 Å². The van der Waals surface area contributed by atoms with Crippen molar-refractivity contribution in [3.05, 3.63) is 99.2 Å². The number of benzene rings is 3. The number of hydrogen-bond donors (Lipinski definition) is 2. The van der Waals surface area contributed by atoms with Gasteiger partial charge < -0.3 is 20.1 Å². The lowest BCUT2D eigenvalue weighted by atomic mass is 9.94. The van der Waals surface area contributed by atoms with Crippen molar-refractivity contribution in [2.24, 2.45) is 0 Å². The molecule has 42 heavy (non-hydrogen) atoms. The number of carbonyl (C=O) groups excluding carboxylic acids is 1. The molecule has 1 aliphatic heterocycles. The topological polar surface area (TPSA) is 90.3 Å². The Kier molecular flexibility index (Phi) is 9.54. The molecule has 1 aliphatic rings. The Morgan fingerprint density at radius 1 is 1.05 bits per heavy atom. The van der Waals surface area contributed by atoms with E-state index in [1.54, 1.807) is 16.4 Å². The number of para-hydroxylation sites is 2. The third kappa shape index (κ3) is 6.65. The molecule has 1 atom stereocenters. The molecule has 0 fully saturated rings. The molecule has 4 aromatic rings. The van der Waals surface area contributed by atoms with Crippen molar-refractivity contribution in [3.8, 4) is 11.5 Å². The van der Waals surface area contributed by atoms with Crippen LogP contribution in [0.3, 0.4) is 0 Å². The predicted molar refractivity (Wildman–Crippen MR) is 171 cm³/mol. The van der Waals surface area contributed by atoms with E-state index in [9.17, 15) is 4.79 Å². The average molecular weight is 649 g/mol. The zero-order valence-electron chi connectivity index (χ0n) is 24.1. The molecule has 1 unspecified atom stereocenters. The highest BCUT2D eigenvalue weighted by Crippen LogP contribution is 2.42. The Morgan fingerprint density at radius 2 is 1.83 bits per heavy atom. The second kappa shape index (κ2) is 13.5. The van der Waals surface area contributed by atoms with Crippen LogP contribution in [-0.2, 0) is 11.4 Å². The Labute approximate surface area is 259 Å². The molecule has 10 heteroatoms. The van der Waals surface area contributed by atoms with E-state index in [-0.39, 0.29) is 5.91 Å². The minimum absolute atomic E-state index is 0.273. The maximum atomic E-state index is 14.1. The van der Waals surface area contributed by atoms with Crippen LogP contribution in [0.15, 0.2) is 87.6 Å². The van der Waals surface area contributed by atoms with Gasteiger partial charge >= 0.3 is 0 Å². The van der Waals surface area contributed by atoms with Gasteiger partial charge in [0, 0.05) is 21.5 Å². The number of nitrogens with one attached hydrogen (secondary N) is 2. The van der Waals surface area contributed by atoms with E-state index >= 15 is 0 Å². The number of rotatable bonds is 11.